The van der Waals surface area contributed by atoms with E-state index >= 15 is 0 Å². The van der Waals surface area contributed by atoms with E-state index in [0.717, 1.165) is 45.1 Å². The summed E-state index contributed by atoms with van der Waals surface area (Å²) in [6, 6.07) is 0. The van der Waals surface area contributed by atoms with Crippen molar-refractivity contribution in [2.45, 2.75) is 70.0 Å². The Morgan fingerprint density at radius 2 is 1.77 bits per heavy atom. The summed E-state index contributed by atoms with van der Waals surface area (Å²) in [7, 11) is -4.75. The van der Waals surface area contributed by atoms with Gasteiger partial charge in [-0.1, -0.05) is 25.7 Å². The Morgan fingerprint density at radius 1 is 1.09 bits per heavy atom. The summed E-state index contributed by atoms with van der Waals surface area (Å²) in [5, 5.41) is 26.7. The number of carbonyl (C=O) groups excluding carboxylic acids is 1. The van der Waals surface area contributed by atoms with Gasteiger partial charge in [-0.05, 0) is 12.8 Å². The van der Waals surface area contributed by atoms with Crippen LogP contribution in [0, 0.1) is 0 Å². The van der Waals surface area contributed by atoms with E-state index < -0.39 is 39.0 Å². The zero-order valence-corrected chi connectivity index (χ0v) is 20.4. The molecule has 1 saturated heterocycles. The molecule has 1 fully saturated rings. The predicted octanol–water partition coefficient (Wildman–Crippen LogP) is 0.443. The van der Waals surface area contributed by atoms with Gasteiger partial charge in [0.05, 0.1) is 12.9 Å². The molecule has 3 heterocycles. The first kappa shape index (κ1) is 27.4. The van der Waals surface area contributed by atoms with Crippen molar-refractivity contribution in [3.05, 3.63) is 12.7 Å². The maximum atomic E-state index is 10.9. The Balaban J connectivity index is 1.49. The van der Waals surface area contributed by atoms with Crippen LogP contribution in [0.15, 0.2) is 12.7 Å². The standard InChI is InChI=1S/C20H33N6O8P/c1-13(27)21-8-6-4-2-3-5-7-9-22-18-15-19(24-11-23-18)26(12-25-15)20-17(29)16(28)14(34-20)10-33-35(30,31)32/h11-12,14,16-17,20,28-29H,2-10H2,1H3,(H,21,27)(H,22,23,24)(H2,30,31,32). The van der Waals surface area contributed by atoms with Crippen LogP contribution in [0.1, 0.15) is 51.7 Å². The molecule has 0 bridgehead atoms. The molecule has 1 aliphatic rings. The first-order valence-corrected chi connectivity index (χ1v) is 13.1. The third kappa shape index (κ3) is 7.90. The molecule has 0 aromatic carbocycles. The van der Waals surface area contributed by atoms with Crippen LogP contribution in [0.4, 0.5) is 5.82 Å². The second kappa shape index (κ2) is 12.7. The molecule has 14 nitrogen and oxygen atoms in total. The highest BCUT2D eigenvalue weighted by molar-refractivity contribution is 7.46. The smallest absolute Gasteiger partial charge is 0.387 e. The van der Waals surface area contributed by atoms with Gasteiger partial charge in [0.1, 0.15) is 24.6 Å². The van der Waals surface area contributed by atoms with E-state index in [1.54, 1.807) is 0 Å². The van der Waals surface area contributed by atoms with E-state index in [4.69, 9.17) is 14.5 Å². The van der Waals surface area contributed by atoms with Gasteiger partial charge < -0.3 is 35.4 Å². The lowest BCUT2D eigenvalue weighted by molar-refractivity contribution is -0.118. The number of nitrogens with one attached hydrogen (secondary N) is 2. The quantitative estimate of drug-likeness (QED) is 0.150. The van der Waals surface area contributed by atoms with Gasteiger partial charge in [0.25, 0.3) is 0 Å². The largest absolute Gasteiger partial charge is 0.469 e. The van der Waals surface area contributed by atoms with Crippen LogP contribution in [-0.2, 0) is 18.6 Å². The Hall–Kier alpha value is -2.19. The number of rotatable bonds is 14. The van der Waals surface area contributed by atoms with Gasteiger partial charge in [-0.2, -0.15) is 0 Å². The van der Waals surface area contributed by atoms with Crippen LogP contribution in [-0.4, -0.2) is 83.4 Å². The molecule has 3 rings (SSSR count). The molecular weight excluding hydrogens is 483 g/mol. The number of aromatic nitrogens is 4. The van der Waals surface area contributed by atoms with E-state index in [1.165, 1.54) is 24.1 Å². The number of imidazole rings is 1. The molecule has 35 heavy (non-hydrogen) atoms. The molecule has 0 radical (unpaired) electrons. The SMILES string of the molecule is CC(=O)NCCCCCCCCNc1ncnc2c1ncn2C1OC(COP(=O)(O)O)C(O)C1O. The third-order valence-corrected chi connectivity index (χ3v) is 6.13. The van der Waals surface area contributed by atoms with Crippen molar-refractivity contribution in [3.8, 4) is 0 Å². The molecule has 2 aromatic heterocycles. The number of hydrogen-bond acceptors (Lipinski definition) is 10. The van der Waals surface area contributed by atoms with Crippen molar-refractivity contribution in [2.24, 2.45) is 0 Å². The zero-order valence-electron chi connectivity index (χ0n) is 19.5. The van der Waals surface area contributed by atoms with Crippen molar-refractivity contribution in [3.63, 3.8) is 0 Å². The molecule has 196 valence electrons. The third-order valence-electron chi connectivity index (χ3n) is 5.65. The van der Waals surface area contributed by atoms with Crippen molar-refractivity contribution in [2.75, 3.05) is 25.0 Å². The van der Waals surface area contributed by atoms with Crippen LogP contribution in [0.2, 0.25) is 0 Å². The van der Waals surface area contributed by atoms with Crippen LogP contribution in [0.5, 0.6) is 0 Å². The van der Waals surface area contributed by atoms with Gasteiger partial charge in [-0.15, -0.1) is 0 Å². The first-order chi connectivity index (χ1) is 16.7. The summed E-state index contributed by atoms with van der Waals surface area (Å²) >= 11 is 0. The fourth-order valence-electron chi connectivity index (χ4n) is 3.86. The molecule has 1 aliphatic heterocycles. The summed E-state index contributed by atoms with van der Waals surface area (Å²) in [6.45, 7) is 2.33. The topological polar surface area (TPSA) is 201 Å². The fourth-order valence-corrected chi connectivity index (χ4v) is 4.20. The van der Waals surface area contributed by atoms with E-state index in [-0.39, 0.29) is 5.91 Å². The molecule has 4 atom stereocenters. The van der Waals surface area contributed by atoms with E-state index in [2.05, 4.69) is 30.1 Å². The van der Waals surface area contributed by atoms with Crippen molar-refractivity contribution in [1.29, 1.82) is 0 Å². The monoisotopic (exact) mass is 516 g/mol. The number of phosphoric acid groups is 1. The number of phosphoric ester groups is 1. The van der Waals surface area contributed by atoms with Crippen LogP contribution < -0.4 is 10.6 Å². The number of aliphatic hydroxyl groups excluding tert-OH is 2. The molecule has 0 aliphatic carbocycles. The zero-order chi connectivity index (χ0) is 25.4. The fraction of sp³-hybridized carbons (Fsp3) is 0.700. The molecule has 0 saturated carbocycles. The maximum Gasteiger partial charge on any atom is 0.469 e. The van der Waals surface area contributed by atoms with Crippen LogP contribution in [0.25, 0.3) is 11.2 Å². The number of amides is 1. The summed E-state index contributed by atoms with van der Waals surface area (Å²) < 4.78 is 22.4. The number of ether oxygens (including phenoxy) is 1. The Labute approximate surface area is 202 Å². The molecule has 4 unspecified atom stereocenters. The molecule has 15 heteroatoms. The number of nitrogens with zero attached hydrogens (tertiary/aromatic N) is 4. The lowest BCUT2D eigenvalue weighted by Crippen LogP contribution is -2.33. The van der Waals surface area contributed by atoms with E-state index in [1.807, 2.05) is 0 Å². The lowest BCUT2D eigenvalue weighted by atomic mass is 10.1. The molecule has 1 amide bonds. The van der Waals surface area contributed by atoms with E-state index in [0.29, 0.717) is 23.5 Å². The predicted molar refractivity (Wildman–Crippen MR) is 124 cm³/mol. The molecule has 2 aromatic rings. The minimum atomic E-state index is -4.75. The second-order valence-corrected chi connectivity index (χ2v) is 9.65. The highest BCUT2D eigenvalue weighted by Crippen LogP contribution is 2.38. The maximum absolute atomic E-state index is 10.9. The molecule has 0 spiro atoms. The number of unbranched alkanes of at least 4 members (excludes halogenated alkanes) is 5. The summed E-state index contributed by atoms with van der Waals surface area (Å²) in [6.07, 6.45) is 3.97. The Bertz CT molecular complexity index is 1020. The van der Waals surface area contributed by atoms with Gasteiger partial charge in [0.15, 0.2) is 23.2 Å². The summed E-state index contributed by atoms with van der Waals surface area (Å²) in [4.78, 5) is 41.3. The number of hydrogen-bond donors (Lipinski definition) is 6. The molecule has 6 N–H and O–H groups in total. The highest BCUT2D eigenvalue weighted by Gasteiger charge is 2.45. The van der Waals surface area contributed by atoms with Gasteiger partial charge in [-0.3, -0.25) is 13.9 Å². The van der Waals surface area contributed by atoms with Gasteiger partial charge >= 0.3 is 7.82 Å². The van der Waals surface area contributed by atoms with E-state index in [9.17, 15) is 19.6 Å². The van der Waals surface area contributed by atoms with Gasteiger partial charge in [-0.25, -0.2) is 19.5 Å². The Kier molecular flexibility index (Phi) is 9.92. The molecular formula is C20H33N6O8P. The normalized spacial score (nSPS) is 22.5. The van der Waals surface area contributed by atoms with Crippen LogP contribution >= 0.6 is 7.82 Å². The second-order valence-electron chi connectivity index (χ2n) is 8.41. The summed E-state index contributed by atoms with van der Waals surface area (Å²) in [5.41, 5.74) is 0.833. The summed E-state index contributed by atoms with van der Waals surface area (Å²) in [5.74, 6) is 0.528. The van der Waals surface area contributed by atoms with Crippen molar-refractivity contribution < 1.29 is 38.6 Å². The lowest BCUT2D eigenvalue weighted by Gasteiger charge is -2.16. The van der Waals surface area contributed by atoms with Crippen molar-refractivity contribution >= 4 is 30.7 Å². The highest BCUT2D eigenvalue weighted by atomic mass is 31.2. The average molecular weight is 516 g/mol. The first-order valence-electron chi connectivity index (χ1n) is 11.5. The minimum absolute atomic E-state index is 0.00116. The van der Waals surface area contributed by atoms with Gasteiger partial charge in [0, 0.05) is 20.0 Å². The van der Waals surface area contributed by atoms with Crippen LogP contribution in [0.3, 0.4) is 0 Å². The Morgan fingerprint density at radius 3 is 2.46 bits per heavy atom. The number of fused-ring (bicyclic) bond motifs is 1. The number of aliphatic hydroxyl groups is 2. The van der Waals surface area contributed by atoms with Gasteiger partial charge in [0.2, 0.25) is 5.91 Å². The number of anilines is 1. The average Bonchev–Trinajstić information content (AvgIpc) is 3.34. The van der Waals surface area contributed by atoms with Crippen molar-refractivity contribution in [1.82, 2.24) is 24.8 Å². The number of carbonyl (C=O) groups is 1. The minimum Gasteiger partial charge on any atom is -0.387 e.